The molecule has 5 nitrogen and oxygen atoms in total. The van der Waals surface area contributed by atoms with Gasteiger partial charge in [-0.05, 0) is 67.5 Å². The molecular formula is C23H20ClNO4. The van der Waals surface area contributed by atoms with E-state index in [9.17, 15) is 14.4 Å². The molecule has 1 aliphatic heterocycles. The molecule has 5 rings (SSSR count). The van der Waals surface area contributed by atoms with Gasteiger partial charge in [-0.25, -0.2) is 4.90 Å². The third kappa shape index (κ3) is 3.04. The van der Waals surface area contributed by atoms with Crippen LogP contribution < -0.4 is 9.64 Å². The minimum atomic E-state index is -0.175. The normalized spacial score (nSPS) is 27.4. The molecular weight excluding hydrogens is 390 g/mol. The summed E-state index contributed by atoms with van der Waals surface area (Å²) in [4.78, 5) is 39.6. The number of carbonyl (C=O) groups is 3. The van der Waals surface area contributed by atoms with Crippen LogP contribution in [0, 0.1) is 23.7 Å². The summed E-state index contributed by atoms with van der Waals surface area (Å²) >= 11 is 5.85. The maximum absolute atomic E-state index is 13.0. The second kappa shape index (κ2) is 6.99. The molecule has 0 N–H and O–H groups in total. The van der Waals surface area contributed by atoms with Gasteiger partial charge in [-0.3, -0.25) is 14.4 Å². The van der Waals surface area contributed by atoms with E-state index in [-0.39, 0.29) is 36.0 Å². The molecule has 29 heavy (non-hydrogen) atoms. The number of anilines is 1. The van der Waals surface area contributed by atoms with Gasteiger partial charge in [0.05, 0.1) is 17.5 Å². The Morgan fingerprint density at radius 2 is 1.66 bits per heavy atom. The number of amides is 2. The number of ether oxygens (including phenoxy) is 1. The van der Waals surface area contributed by atoms with Crippen LogP contribution in [0.5, 0.6) is 5.75 Å². The predicted octanol–water partition coefficient (Wildman–Crippen LogP) is 4.14. The highest BCUT2D eigenvalue weighted by Gasteiger charge is 2.61. The molecule has 1 heterocycles. The molecule has 1 saturated heterocycles. The van der Waals surface area contributed by atoms with Crippen LogP contribution in [0.3, 0.4) is 0 Å². The Labute approximate surface area is 173 Å². The van der Waals surface area contributed by atoms with Gasteiger partial charge >= 0.3 is 0 Å². The Hall–Kier alpha value is -2.66. The van der Waals surface area contributed by atoms with E-state index < -0.39 is 0 Å². The number of Topliss-reactive ketones (excluding diaryl/α,β-unsaturated/α-hetero) is 1. The van der Waals surface area contributed by atoms with Crippen LogP contribution in [0.4, 0.5) is 5.69 Å². The number of halogens is 1. The summed E-state index contributed by atoms with van der Waals surface area (Å²) in [6.07, 6.45) is 3.11. The maximum Gasteiger partial charge on any atom is 0.237 e. The number of benzene rings is 2. The van der Waals surface area contributed by atoms with Crippen molar-refractivity contribution < 1.29 is 19.1 Å². The van der Waals surface area contributed by atoms with E-state index in [0.29, 0.717) is 33.9 Å². The molecule has 4 atom stereocenters. The lowest BCUT2D eigenvalue weighted by molar-refractivity contribution is -0.123. The van der Waals surface area contributed by atoms with Crippen molar-refractivity contribution in [2.75, 3.05) is 11.5 Å². The number of fused-ring (bicyclic) bond motifs is 5. The lowest BCUT2D eigenvalue weighted by Crippen LogP contribution is -2.32. The molecule has 2 aromatic rings. The number of hydrogen-bond acceptors (Lipinski definition) is 4. The van der Waals surface area contributed by atoms with Crippen molar-refractivity contribution in [3.8, 4) is 5.75 Å². The summed E-state index contributed by atoms with van der Waals surface area (Å²) in [5.41, 5.74) is 1.03. The molecule has 2 amide bonds. The van der Waals surface area contributed by atoms with Gasteiger partial charge in [-0.1, -0.05) is 17.7 Å². The second-order valence-corrected chi connectivity index (χ2v) is 8.55. The molecule has 0 aromatic heterocycles. The highest BCUT2D eigenvalue weighted by atomic mass is 35.5. The van der Waals surface area contributed by atoms with Crippen LogP contribution in [0.1, 0.15) is 29.6 Å². The number of rotatable bonds is 5. The Morgan fingerprint density at radius 1 is 1.00 bits per heavy atom. The Morgan fingerprint density at radius 3 is 2.31 bits per heavy atom. The van der Waals surface area contributed by atoms with Crippen LogP contribution in [0.2, 0.25) is 5.02 Å². The lowest BCUT2D eigenvalue weighted by atomic mass is 9.81. The smallest absolute Gasteiger partial charge is 0.237 e. The van der Waals surface area contributed by atoms with Crippen LogP contribution in [0.15, 0.2) is 48.5 Å². The standard InChI is InChI=1S/C23H20ClNO4/c24-16-8-6-13(7-9-16)19(26)12-29-18-3-1-2-17(11-18)25-22(27)20-14-4-5-15(10-14)21(20)23(25)28/h1-3,6-9,11,14-15,20-21H,4-5,10,12H2/t14-,15-,20-,21+/m0/s1. The summed E-state index contributed by atoms with van der Waals surface area (Å²) in [7, 11) is 0. The first kappa shape index (κ1) is 18.4. The van der Waals surface area contributed by atoms with E-state index in [1.807, 2.05) is 0 Å². The molecule has 3 fully saturated rings. The van der Waals surface area contributed by atoms with Gasteiger partial charge in [0.15, 0.2) is 12.4 Å². The van der Waals surface area contributed by atoms with Gasteiger partial charge in [-0.2, -0.15) is 0 Å². The first-order chi connectivity index (χ1) is 14.0. The quantitative estimate of drug-likeness (QED) is 0.550. The molecule has 2 bridgehead atoms. The molecule has 2 saturated carbocycles. The molecule has 0 spiro atoms. The molecule has 148 valence electrons. The fraction of sp³-hybridized carbons (Fsp3) is 0.348. The van der Waals surface area contributed by atoms with Gasteiger partial charge < -0.3 is 4.74 Å². The van der Waals surface area contributed by atoms with Crippen LogP contribution in [-0.4, -0.2) is 24.2 Å². The Balaban J connectivity index is 1.31. The number of carbonyl (C=O) groups excluding carboxylic acids is 3. The topological polar surface area (TPSA) is 63.7 Å². The SMILES string of the molecule is O=C(COc1cccc(N2C(=O)[C@@H]3[C@H]4CC[C@@H](C4)[C@@H]3C2=O)c1)c1ccc(Cl)cc1. The first-order valence-electron chi connectivity index (χ1n) is 9.92. The van der Waals surface area contributed by atoms with E-state index >= 15 is 0 Å². The minimum Gasteiger partial charge on any atom is -0.485 e. The van der Waals surface area contributed by atoms with Crippen LogP contribution in [0.25, 0.3) is 0 Å². The van der Waals surface area contributed by atoms with Crippen molar-refractivity contribution in [3.05, 3.63) is 59.1 Å². The first-order valence-corrected chi connectivity index (χ1v) is 10.3. The van der Waals surface area contributed by atoms with Gasteiger partial charge in [0.1, 0.15) is 5.75 Å². The van der Waals surface area contributed by atoms with Gasteiger partial charge in [0.2, 0.25) is 11.8 Å². The van der Waals surface area contributed by atoms with Crippen molar-refractivity contribution >= 4 is 34.9 Å². The summed E-state index contributed by atoms with van der Waals surface area (Å²) in [5, 5.41) is 0.563. The van der Waals surface area contributed by atoms with E-state index in [1.165, 1.54) is 4.90 Å². The van der Waals surface area contributed by atoms with Gasteiger partial charge in [0, 0.05) is 16.7 Å². The largest absolute Gasteiger partial charge is 0.485 e. The van der Waals surface area contributed by atoms with Crippen molar-refractivity contribution in [2.24, 2.45) is 23.7 Å². The molecule has 0 unspecified atom stereocenters. The maximum atomic E-state index is 13.0. The van der Waals surface area contributed by atoms with E-state index in [2.05, 4.69) is 0 Å². The highest BCUT2D eigenvalue weighted by Crippen LogP contribution is 2.56. The second-order valence-electron chi connectivity index (χ2n) is 8.11. The van der Waals surface area contributed by atoms with Crippen molar-refractivity contribution in [2.45, 2.75) is 19.3 Å². The van der Waals surface area contributed by atoms with Crippen molar-refractivity contribution in [1.29, 1.82) is 0 Å². The average molecular weight is 410 g/mol. The summed E-state index contributed by atoms with van der Waals surface area (Å²) in [6, 6.07) is 13.5. The van der Waals surface area contributed by atoms with Crippen LogP contribution in [-0.2, 0) is 9.59 Å². The highest BCUT2D eigenvalue weighted by molar-refractivity contribution is 6.30. The summed E-state index contributed by atoms with van der Waals surface area (Å²) in [5.74, 6) is 0.500. The Bertz CT molecular complexity index is 974. The Kier molecular flexibility index (Phi) is 4.43. The number of nitrogens with zero attached hydrogens (tertiary/aromatic N) is 1. The lowest BCUT2D eigenvalue weighted by Gasteiger charge is -2.19. The monoisotopic (exact) mass is 409 g/mol. The third-order valence-corrected chi connectivity index (χ3v) is 6.79. The van der Waals surface area contributed by atoms with Gasteiger partial charge in [-0.15, -0.1) is 0 Å². The summed E-state index contributed by atoms with van der Waals surface area (Å²) in [6.45, 7) is -0.137. The van der Waals surface area contributed by atoms with Gasteiger partial charge in [0.25, 0.3) is 0 Å². The fourth-order valence-electron chi connectivity index (χ4n) is 5.24. The van der Waals surface area contributed by atoms with Crippen molar-refractivity contribution in [3.63, 3.8) is 0 Å². The third-order valence-electron chi connectivity index (χ3n) is 6.54. The van der Waals surface area contributed by atoms with E-state index in [1.54, 1.807) is 48.5 Å². The number of imide groups is 1. The van der Waals surface area contributed by atoms with E-state index in [0.717, 1.165) is 19.3 Å². The zero-order valence-electron chi connectivity index (χ0n) is 15.7. The summed E-state index contributed by atoms with van der Waals surface area (Å²) < 4.78 is 5.64. The molecule has 6 heteroatoms. The predicted molar refractivity (Wildman–Crippen MR) is 108 cm³/mol. The number of hydrogen-bond donors (Lipinski definition) is 0. The zero-order chi connectivity index (χ0) is 20.1. The van der Waals surface area contributed by atoms with Crippen molar-refractivity contribution in [1.82, 2.24) is 0 Å². The van der Waals surface area contributed by atoms with Crippen LogP contribution >= 0.6 is 11.6 Å². The minimum absolute atomic E-state index is 0.0819. The molecule has 0 radical (unpaired) electrons. The molecule has 2 aromatic carbocycles. The fourth-order valence-corrected chi connectivity index (χ4v) is 5.37. The number of ketones is 1. The van der Waals surface area contributed by atoms with E-state index in [4.69, 9.17) is 16.3 Å². The molecule has 2 aliphatic carbocycles. The zero-order valence-corrected chi connectivity index (χ0v) is 16.5. The average Bonchev–Trinajstić information content (AvgIpc) is 3.41. The molecule has 3 aliphatic rings.